The number of aromatic nitrogens is 4. The Hall–Kier alpha value is -14.8. The molecule has 0 N–H and O–H groups in total. The summed E-state index contributed by atoms with van der Waals surface area (Å²) < 4.78 is 9.80. The SMILES string of the molecule is c1ccc(-n2c3ccccc3c3cc(-c4ccc5c(c4)c4ccc(-c6ccc7c8cc(-c9ccc%10c(c9)c9ccccc9n%10-c9ccc%10cc(-c%11ccc%12c(ccc%13ccccc%13%12)c%11)ccc%10c9)ccc8n(-c8ccccc8)c7c6)cc4n5-c4ccc5ccc(-c6ccc7c(ccc8ccccc87)c6)cc5c4)ccc32)cc1. The van der Waals surface area contributed by atoms with Gasteiger partial charge in [-0.3, -0.25) is 0 Å². The lowest BCUT2D eigenvalue weighted by Gasteiger charge is -2.12. The van der Waals surface area contributed by atoms with E-state index in [0.29, 0.717) is 0 Å². The number of hydrogen-bond acceptors (Lipinski definition) is 0. The highest BCUT2D eigenvalue weighted by molar-refractivity contribution is 6.17. The van der Waals surface area contributed by atoms with Crippen LogP contribution in [0.25, 0.3) is 230 Å². The van der Waals surface area contributed by atoms with E-state index in [4.69, 9.17) is 0 Å². The van der Waals surface area contributed by atoms with E-state index in [9.17, 15) is 0 Å². The summed E-state index contributed by atoms with van der Waals surface area (Å²) in [6, 6.07) is 150. The lowest BCUT2D eigenvalue weighted by Crippen LogP contribution is -1.95. The summed E-state index contributed by atoms with van der Waals surface area (Å²) >= 11 is 0. The van der Waals surface area contributed by atoms with E-state index in [1.807, 2.05) is 0 Å². The Bertz CT molecular complexity index is 8120. The van der Waals surface area contributed by atoms with Crippen LogP contribution in [0.1, 0.15) is 0 Å². The van der Waals surface area contributed by atoms with Crippen molar-refractivity contribution >= 4 is 152 Å². The van der Waals surface area contributed by atoms with Crippen molar-refractivity contribution < 1.29 is 0 Å². The topological polar surface area (TPSA) is 19.7 Å². The van der Waals surface area contributed by atoms with Gasteiger partial charge in [0.1, 0.15) is 0 Å². The van der Waals surface area contributed by atoms with Crippen molar-refractivity contribution in [2.75, 3.05) is 0 Å². The summed E-state index contributed by atoms with van der Waals surface area (Å²) in [5.74, 6) is 0. The Morgan fingerprint density at radius 3 is 0.839 bits per heavy atom. The van der Waals surface area contributed by atoms with Crippen molar-refractivity contribution in [1.29, 1.82) is 0 Å². The Morgan fingerprint density at radius 2 is 0.366 bits per heavy atom. The van der Waals surface area contributed by atoms with E-state index in [2.05, 4.69) is 419 Å². The van der Waals surface area contributed by atoms with Gasteiger partial charge in [-0.1, -0.05) is 255 Å². The zero-order valence-corrected chi connectivity index (χ0v) is 60.9. The molecule has 0 aliphatic carbocycles. The zero-order valence-electron chi connectivity index (χ0n) is 60.9. The number of rotatable bonds is 9. The third-order valence-electron chi connectivity index (χ3n) is 24.2. The summed E-state index contributed by atoms with van der Waals surface area (Å²) in [6.07, 6.45) is 0. The highest BCUT2D eigenvalue weighted by Gasteiger charge is 2.22. The summed E-state index contributed by atoms with van der Waals surface area (Å²) in [6.45, 7) is 0. The van der Waals surface area contributed by atoms with Gasteiger partial charge in [-0.05, 0) is 266 Å². The Kier molecular flexibility index (Phi) is 13.5. The van der Waals surface area contributed by atoms with Crippen LogP contribution >= 0.6 is 0 Å². The van der Waals surface area contributed by atoms with E-state index in [1.54, 1.807) is 0 Å². The molecular weight excluding hydrogens is 1350 g/mol. The average Bonchev–Trinajstić information content (AvgIpc) is 1.57. The molecule has 4 heterocycles. The molecule has 112 heavy (non-hydrogen) atoms. The molecule has 0 aliphatic rings. The largest absolute Gasteiger partial charge is 0.309 e. The molecule has 4 nitrogen and oxygen atoms in total. The first-order valence-electron chi connectivity index (χ1n) is 38.7. The number of para-hydroxylation sites is 4. The van der Waals surface area contributed by atoms with Crippen LogP contribution in [0.4, 0.5) is 0 Å². The fourth-order valence-electron chi connectivity index (χ4n) is 18.8. The van der Waals surface area contributed by atoms with Crippen molar-refractivity contribution in [3.63, 3.8) is 0 Å². The van der Waals surface area contributed by atoms with E-state index < -0.39 is 0 Å². The zero-order chi connectivity index (χ0) is 73.2. The molecule has 0 fully saturated rings. The van der Waals surface area contributed by atoms with E-state index in [1.165, 1.54) is 174 Å². The molecule has 0 saturated heterocycles. The second-order valence-corrected chi connectivity index (χ2v) is 30.4. The molecule has 0 radical (unpaired) electrons. The van der Waals surface area contributed by atoms with Crippen molar-refractivity contribution in [3.05, 3.63) is 400 Å². The molecule has 4 heteroatoms. The van der Waals surface area contributed by atoms with Crippen LogP contribution in [-0.4, -0.2) is 18.3 Å². The first kappa shape index (κ1) is 62.2. The third kappa shape index (κ3) is 9.68. The lowest BCUT2D eigenvalue weighted by molar-refractivity contribution is 1.18. The van der Waals surface area contributed by atoms with E-state index >= 15 is 0 Å². The molecule has 0 atom stereocenters. The highest BCUT2D eigenvalue weighted by Crippen LogP contribution is 2.45. The Morgan fingerprint density at radius 1 is 0.107 bits per heavy atom. The molecular formula is C108H66N4. The first-order valence-corrected chi connectivity index (χ1v) is 38.7. The van der Waals surface area contributed by atoms with Crippen LogP contribution in [-0.2, 0) is 0 Å². The van der Waals surface area contributed by atoms with Gasteiger partial charge in [-0.15, -0.1) is 0 Å². The van der Waals surface area contributed by atoms with Crippen molar-refractivity contribution in [2.24, 2.45) is 0 Å². The van der Waals surface area contributed by atoms with Gasteiger partial charge in [0.05, 0.1) is 44.1 Å². The standard InChI is InChI=1S/C108H66N4/c1-3-17-85(18-4-1)109-101-25-13-11-23-93(101)97-61-76(41-51-103(97)109)79-44-54-106-100(64-79)96-50-40-81(66-108(96)112(106)88-45-35-67-27-30-71(58-84(67)60-88)74-38-48-92-83(57-74)34-29-69-16-8-10-22-90(69)92)80-39-49-95-99-63-78(42-52-104(99)110(107(95)65-80)86-19-5-2-6-20-86)77-43-53-105-98(62-77)94-24-12-14-26-102(94)111(105)87-46-36-72-55-70(31-32-75(72)59-87)73-37-47-91-82(56-73)33-28-68-15-7-9-21-89(68)91/h1-66H. The van der Waals surface area contributed by atoms with Crippen LogP contribution in [0.3, 0.4) is 0 Å². The summed E-state index contributed by atoms with van der Waals surface area (Å²) in [4.78, 5) is 0. The van der Waals surface area contributed by atoms with Crippen molar-refractivity contribution in [3.8, 4) is 78.4 Å². The normalized spacial score (nSPS) is 12.1. The van der Waals surface area contributed by atoms with Gasteiger partial charge in [-0.25, -0.2) is 0 Å². The van der Waals surface area contributed by atoms with E-state index in [0.717, 1.165) is 55.9 Å². The van der Waals surface area contributed by atoms with Crippen LogP contribution < -0.4 is 0 Å². The molecule has 0 saturated carbocycles. The molecule has 20 aromatic carbocycles. The van der Waals surface area contributed by atoms with Crippen LogP contribution in [0.15, 0.2) is 400 Å². The lowest BCUT2D eigenvalue weighted by atomic mass is 9.96. The third-order valence-corrected chi connectivity index (χ3v) is 24.2. The molecule has 0 unspecified atom stereocenters. The van der Waals surface area contributed by atoms with E-state index in [-0.39, 0.29) is 0 Å². The van der Waals surface area contributed by atoms with Crippen LogP contribution in [0.2, 0.25) is 0 Å². The molecule has 0 amide bonds. The molecule has 518 valence electrons. The second kappa shape index (κ2) is 24.3. The summed E-state index contributed by atoms with van der Waals surface area (Å²) in [7, 11) is 0. The molecule has 4 aromatic heterocycles. The molecule has 24 rings (SSSR count). The minimum Gasteiger partial charge on any atom is -0.309 e. The Labute approximate surface area is 644 Å². The number of nitrogens with zero attached hydrogens (tertiary/aromatic N) is 4. The highest BCUT2D eigenvalue weighted by atomic mass is 15.0. The molecule has 0 aliphatic heterocycles. The second-order valence-electron chi connectivity index (χ2n) is 30.4. The Balaban J connectivity index is 0.619. The monoisotopic (exact) mass is 1420 g/mol. The number of hydrogen-bond donors (Lipinski definition) is 0. The first-order chi connectivity index (χ1) is 55.5. The van der Waals surface area contributed by atoms with Gasteiger partial charge in [0.2, 0.25) is 0 Å². The average molecular weight is 1420 g/mol. The maximum atomic E-state index is 2.50. The fraction of sp³-hybridized carbons (Fsp3) is 0. The van der Waals surface area contributed by atoms with Gasteiger partial charge in [0, 0.05) is 65.8 Å². The van der Waals surface area contributed by atoms with Gasteiger partial charge < -0.3 is 18.3 Å². The van der Waals surface area contributed by atoms with Gasteiger partial charge in [0.25, 0.3) is 0 Å². The summed E-state index contributed by atoms with van der Waals surface area (Å²) in [5.41, 5.74) is 25.7. The molecule has 0 spiro atoms. The van der Waals surface area contributed by atoms with Crippen molar-refractivity contribution in [1.82, 2.24) is 18.3 Å². The summed E-state index contributed by atoms with van der Waals surface area (Å²) in [5, 5.41) is 24.7. The quantitative estimate of drug-likeness (QED) is 0.128. The van der Waals surface area contributed by atoms with Gasteiger partial charge >= 0.3 is 0 Å². The minimum atomic E-state index is 1.11. The molecule has 24 aromatic rings. The minimum absolute atomic E-state index is 1.11. The predicted octanol–water partition coefficient (Wildman–Crippen LogP) is 29.3. The maximum Gasteiger partial charge on any atom is 0.0547 e. The fourth-order valence-corrected chi connectivity index (χ4v) is 18.8. The van der Waals surface area contributed by atoms with Crippen molar-refractivity contribution in [2.45, 2.75) is 0 Å². The smallest absolute Gasteiger partial charge is 0.0547 e. The van der Waals surface area contributed by atoms with Gasteiger partial charge in [-0.2, -0.15) is 0 Å². The van der Waals surface area contributed by atoms with Crippen LogP contribution in [0.5, 0.6) is 0 Å². The maximum absolute atomic E-state index is 2.50. The van der Waals surface area contributed by atoms with Gasteiger partial charge in [0.15, 0.2) is 0 Å². The molecule has 0 bridgehead atoms. The van der Waals surface area contributed by atoms with Crippen LogP contribution in [0, 0.1) is 0 Å². The number of fused-ring (bicyclic) bond motifs is 20. The number of benzene rings is 20. The predicted molar refractivity (Wildman–Crippen MR) is 476 cm³/mol.